The monoisotopic (exact) mass is 416 g/mol. The summed E-state index contributed by atoms with van der Waals surface area (Å²) in [5, 5.41) is 11.8. The van der Waals surface area contributed by atoms with E-state index >= 15 is 0 Å². The molecule has 1 aliphatic rings. The van der Waals surface area contributed by atoms with Crippen molar-refractivity contribution in [3.05, 3.63) is 39.2 Å². The van der Waals surface area contributed by atoms with Gasteiger partial charge in [-0.15, -0.1) is 0 Å². The second-order valence-corrected chi connectivity index (χ2v) is 7.92. The van der Waals surface area contributed by atoms with Crippen LogP contribution in [0.25, 0.3) is 11.0 Å². The third kappa shape index (κ3) is 5.21. The predicted molar refractivity (Wildman–Crippen MR) is 116 cm³/mol. The van der Waals surface area contributed by atoms with E-state index in [-0.39, 0.29) is 18.1 Å². The summed E-state index contributed by atoms with van der Waals surface area (Å²) in [6.45, 7) is 11.6. The molecule has 1 aromatic carbocycles. The molecule has 7 nitrogen and oxygen atoms in total. The van der Waals surface area contributed by atoms with E-state index in [1.165, 1.54) is 6.07 Å². The van der Waals surface area contributed by atoms with Gasteiger partial charge < -0.3 is 19.2 Å². The van der Waals surface area contributed by atoms with E-state index in [1.54, 1.807) is 0 Å². The van der Waals surface area contributed by atoms with Crippen molar-refractivity contribution in [3.63, 3.8) is 0 Å². The van der Waals surface area contributed by atoms with Gasteiger partial charge in [-0.1, -0.05) is 13.8 Å². The summed E-state index contributed by atoms with van der Waals surface area (Å²) in [6, 6.07) is 3.29. The zero-order chi connectivity index (χ0) is 21.7. The quantitative estimate of drug-likeness (QED) is 0.523. The van der Waals surface area contributed by atoms with Gasteiger partial charge in [-0.2, -0.15) is 0 Å². The average molecular weight is 417 g/mol. The van der Waals surface area contributed by atoms with Gasteiger partial charge in [-0.05, 0) is 43.5 Å². The number of nitrogens with zero attached hydrogens (tertiary/aromatic N) is 2. The first-order chi connectivity index (χ1) is 14.4. The van der Waals surface area contributed by atoms with Crippen LogP contribution in [0.5, 0.6) is 5.75 Å². The number of likely N-dealkylation sites (N-methyl/N-ethyl adjacent to an activating group) is 1. The van der Waals surface area contributed by atoms with E-state index in [0.29, 0.717) is 36.3 Å². The first-order valence-corrected chi connectivity index (χ1v) is 10.8. The van der Waals surface area contributed by atoms with E-state index in [1.807, 2.05) is 19.9 Å². The van der Waals surface area contributed by atoms with Crippen LogP contribution in [0.3, 0.4) is 0 Å². The average Bonchev–Trinajstić information content (AvgIpc) is 2.73. The van der Waals surface area contributed by atoms with Gasteiger partial charge in [0.2, 0.25) is 0 Å². The Morgan fingerprint density at radius 3 is 2.53 bits per heavy atom. The van der Waals surface area contributed by atoms with Crippen molar-refractivity contribution < 1.29 is 19.1 Å². The fraction of sp³-hybridized carbons (Fsp3) is 0.565. The number of carbonyl (C=O) groups is 1. The van der Waals surface area contributed by atoms with E-state index in [9.17, 15) is 14.7 Å². The molecule has 0 bridgehead atoms. The number of ether oxygens (including phenoxy) is 1. The maximum atomic E-state index is 12.0. The molecule has 3 rings (SSSR count). The lowest BCUT2D eigenvalue weighted by atomic mass is 9.98. The summed E-state index contributed by atoms with van der Waals surface area (Å²) in [4.78, 5) is 28.6. The molecule has 30 heavy (non-hydrogen) atoms. The summed E-state index contributed by atoms with van der Waals surface area (Å²) < 4.78 is 10.7. The summed E-state index contributed by atoms with van der Waals surface area (Å²) in [6.07, 6.45) is 1.35. The second-order valence-electron chi connectivity index (χ2n) is 7.92. The van der Waals surface area contributed by atoms with Crippen LogP contribution in [-0.4, -0.2) is 60.2 Å². The highest BCUT2D eigenvalue weighted by Crippen LogP contribution is 2.34. The number of hydrogen-bond donors (Lipinski definition) is 1. The minimum atomic E-state index is -0.424. The molecule has 0 unspecified atom stereocenters. The third-order valence-corrected chi connectivity index (χ3v) is 5.75. The van der Waals surface area contributed by atoms with Crippen molar-refractivity contribution in [2.45, 2.75) is 46.6 Å². The second kappa shape index (κ2) is 10.1. The van der Waals surface area contributed by atoms with E-state index in [4.69, 9.17) is 9.15 Å². The van der Waals surface area contributed by atoms with Crippen LogP contribution in [0.2, 0.25) is 0 Å². The summed E-state index contributed by atoms with van der Waals surface area (Å²) in [5.74, 6) is -0.164. The molecule has 0 amide bonds. The van der Waals surface area contributed by atoms with Gasteiger partial charge in [0.15, 0.2) is 0 Å². The van der Waals surface area contributed by atoms with Gasteiger partial charge in [0.05, 0.1) is 12.2 Å². The molecular weight excluding hydrogens is 384 g/mol. The van der Waals surface area contributed by atoms with Crippen LogP contribution in [0.4, 0.5) is 0 Å². The van der Waals surface area contributed by atoms with Gasteiger partial charge in [0.1, 0.15) is 11.3 Å². The van der Waals surface area contributed by atoms with Crippen molar-refractivity contribution in [2.24, 2.45) is 0 Å². The molecule has 0 atom stereocenters. The van der Waals surface area contributed by atoms with E-state index in [0.717, 1.165) is 50.1 Å². The topological polar surface area (TPSA) is 83.2 Å². The number of aromatic hydroxyl groups is 1. The Morgan fingerprint density at radius 1 is 1.17 bits per heavy atom. The molecule has 1 N–H and O–H groups in total. The highest BCUT2D eigenvalue weighted by Gasteiger charge is 2.22. The first kappa shape index (κ1) is 22.3. The molecule has 7 heteroatoms. The van der Waals surface area contributed by atoms with Gasteiger partial charge >= 0.3 is 11.6 Å². The zero-order valence-electron chi connectivity index (χ0n) is 18.2. The molecule has 2 aromatic rings. The first-order valence-electron chi connectivity index (χ1n) is 10.8. The number of rotatable bonds is 8. The standard InChI is InChI=1S/C23H32N2O5/c1-4-12-29-20(26)7-6-17-14-18-16(3)13-21(27)30-23(18)19(22(17)28)15-25-10-8-24(5-2)9-11-25/h13-14,28H,4-12,15H2,1-3H3. The number of esters is 1. The van der Waals surface area contributed by atoms with Gasteiger partial charge in [0, 0.05) is 50.6 Å². The Bertz CT molecular complexity index is 945. The Morgan fingerprint density at radius 2 is 1.87 bits per heavy atom. The lowest BCUT2D eigenvalue weighted by Gasteiger charge is -2.34. The highest BCUT2D eigenvalue weighted by atomic mass is 16.5. The van der Waals surface area contributed by atoms with Crippen LogP contribution >= 0.6 is 0 Å². The minimum Gasteiger partial charge on any atom is -0.507 e. The molecule has 0 radical (unpaired) electrons. The molecular formula is C23H32N2O5. The lowest BCUT2D eigenvalue weighted by molar-refractivity contribution is -0.143. The van der Waals surface area contributed by atoms with Crippen LogP contribution in [0, 0.1) is 6.92 Å². The molecule has 1 fully saturated rings. The predicted octanol–water partition coefficient (Wildman–Crippen LogP) is 2.83. The van der Waals surface area contributed by atoms with Crippen LogP contribution < -0.4 is 5.63 Å². The Labute approximate surface area is 177 Å². The largest absolute Gasteiger partial charge is 0.507 e. The highest BCUT2D eigenvalue weighted by molar-refractivity contribution is 5.86. The molecule has 0 aliphatic carbocycles. The number of aryl methyl sites for hydroxylation is 2. The molecule has 0 spiro atoms. The Hall–Kier alpha value is -2.38. The molecule has 2 heterocycles. The van der Waals surface area contributed by atoms with Crippen molar-refractivity contribution in [1.29, 1.82) is 0 Å². The van der Waals surface area contributed by atoms with Crippen molar-refractivity contribution in [1.82, 2.24) is 9.80 Å². The van der Waals surface area contributed by atoms with Crippen LogP contribution in [0.1, 0.15) is 43.4 Å². The number of hydrogen-bond acceptors (Lipinski definition) is 7. The lowest BCUT2D eigenvalue weighted by Crippen LogP contribution is -2.45. The summed E-state index contributed by atoms with van der Waals surface area (Å²) >= 11 is 0. The van der Waals surface area contributed by atoms with Gasteiger partial charge in [-0.3, -0.25) is 9.69 Å². The molecule has 0 saturated carbocycles. The Balaban J connectivity index is 1.91. The van der Waals surface area contributed by atoms with Crippen molar-refractivity contribution in [3.8, 4) is 5.75 Å². The SMILES string of the molecule is CCCOC(=O)CCc1cc2c(C)cc(=O)oc2c(CN2CCN(CC)CC2)c1O. The molecule has 1 aromatic heterocycles. The molecule has 1 saturated heterocycles. The number of phenolic OH excluding ortho intramolecular Hbond substituents is 1. The zero-order valence-corrected chi connectivity index (χ0v) is 18.2. The summed E-state index contributed by atoms with van der Waals surface area (Å²) in [5.41, 5.74) is 2.11. The maximum Gasteiger partial charge on any atom is 0.336 e. The maximum absolute atomic E-state index is 12.0. The third-order valence-electron chi connectivity index (χ3n) is 5.75. The molecule has 1 aliphatic heterocycles. The van der Waals surface area contributed by atoms with Crippen molar-refractivity contribution in [2.75, 3.05) is 39.3 Å². The fourth-order valence-corrected chi connectivity index (χ4v) is 3.92. The number of phenols is 1. The smallest absolute Gasteiger partial charge is 0.336 e. The van der Waals surface area contributed by atoms with Gasteiger partial charge in [0.25, 0.3) is 0 Å². The van der Waals surface area contributed by atoms with Crippen LogP contribution in [-0.2, 0) is 22.5 Å². The van der Waals surface area contributed by atoms with E-state index < -0.39 is 5.63 Å². The minimum absolute atomic E-state index is 0.109. The number of benzene rings is 1. The number of carbonyl (C=O) groups excluding carboxylic acids is 1. The van der Waals surface area contributed by atoms with E-state index in [2.05, 4.69) is 16.7 Å². The van der Waals surface area contributed by atoms with Gasteiger partial charge in [-0.25, -0.2) is 4.79 Å². The summed E-state index contributed by atoms with van der Waals surface area (Å²) in [7, 11) is 0. The fourth-order valence-electron chi connectivity index (χ4n) is 3.92. The number of piperazine rings is 1. The Kier molecular flexibility index (Phi) is 7.50. The van der Waals surface area contributed by atoms with Crippen molar-refractivity contribution >= 4 is 16.9 Å². The number of fused-ring (bicyclic) bond motifs is 1. The van der Waals surface area contributed by atoms with Crippen LogP contribution in [0.15, 0.2) is 21.3 Å². The normalized spacial score (nSPS) is 15.6. The molecule has 164 valence electrons.